The molecule has 1 aromatic rings. The molecule has 3 heteroatoms. The van der Waals surface area contributed by atoms with Gasteiger partial charge in [0.05, 0.1) is 0 Å². The number of thiophene rings is 1. The molecular weight excluding hydrogens is 264 g/mol. The van der Waals surface area contributed by atoms with Crippen molar-refractivity contribution in [2.45, 2.75) is 58.5 Å². The average Bonchev–Trinajstić information content (AvgIpc) is 2.93. The third kappa shape index (κ3) is 2.06. The Kier molecular flexibility index (Phi) is 3.51. The average molecular weight is 292 g/mol. The van der Waals surface area contributed by atoms with Crippen LogP contribution in [0.5, 0.6) is 0 Å². The van der Waals surface area contributed by atoms with Crippen LogP contribution in [0.2, 0.25) is 0 Å². The molecule has 3 atom stereocenters. The van der Waals surface area contributed by atoms with E-state index in [0.29, 0.717) is 17.4 Å². The lowest BCUT2D eigenvalue weighted by molar-refractivity contribution is 0.0188. The van der Waals surface area contributed by atoms with Crippen LogP contribution in [0.25, 0.3) is 0 Å². The standard InChI is InChI=1S/C17H28N2S/c1-12-9-16(3,4)10-17(12,11-18)19-7-5-15-14(13(19)2)6-8-20-15/h6,8,12-13H,5,7,9-11,18H2,1-4H3. The summed E-state index contributed by atoms with van der Waals surface area (Å²) >= 11 is 1.92. The fourth-order valence-electron chi connectivity index (χ4n) is 4.99. The summed E-state index contributed by atoms with van der Waals surface area (Å²) in [5.74, 6) is 0.685. The molecule has 1 saturated carbocycles. The second kappa shape index (κ2) is 4.82. The van der Waals surface area contributed by atoms with Gasteiger partial charge in [0.25, 0.3) is 0 Å². The molecule has 0 saturated heterocycles. The first-order valence-corrected chi connectivity index (χ1v) is 8.81. The summed E-state index contributed by atoms with van der Waals surface area (Å²) in [6.45, 7) is 11.6. The van der Waals surface area contributed by atoms with E-state index < -0.39 is 0 Å². The van der Waals surface area contributed by atoms with Gasteiger partial charge in [-0.1, -0.05) is 20.8 Å². The van der Waals surface area contributed by atoms with Gasteiger partial charge in [-0.15, -0.1) is 11.3 Å². The van der Waals surface area contributed by atoms with Gasteiger partial charge < -0.3 is 5.73 Å². The molecule has 0 spiro atoms. The lowest BCUT2D eigenvalue weighted by Gasteiger charge is -2.49. The Labute approximate surface area is 127 Å². The van der Waals surface area contributed by atoms with Crippen molar-refractivity contribution in [3.63, 3.8) is 0 Å². The zero-order valence-electron chi connectivity index (χ0n) is 13.3. The summed E-state index contributed by atoms with van der Waals surface area (Å²) in [5.41, 5.74) is 8.50. The van der Waals surface area contributed by atoms with Crippen molar-refractivity contribution in [2.24, 2.45) is 17.1 Å². The molecule has 2 heterocycles. The van der Waals surface area contributed by atoms with Crippen LogP contribution >= 0.6 is 11.3 Å². The molecule has 1 aliphatic carbocycles. The van der Waals surface area contributed by atoms with Crippen LogP contribution < -0.4 is 5.73 Å². The highest BCUT2D eigenvalue weighted by Crippen LogP contribution is 2.53. The molecule has 0 bridgehead atoms. The highest BCUT2D eigenvalue weighted by Gasteiger charge is 2.52. The number of nitrogens with zero attached hydrogens (tertiary/aromatic N) is 1. The maximum Gasteiger partial charge on any atom is 0.0368 e. The number of hydrogen-bond acceptors (Lipinski definition) is 3. The first kappa shape index (κ1) is 14.6. The van der Waals surface area contributed by atoms with E-state index in [4.69, 9.17) is 5.73 Å². The van der Waals surface area contributed by atoms with Gasteiger partial charge >= 0.3 is 0 Å². The summed E-state index contributed by atoms with van der Waals surface area (Å²) < 4.78 is 0. The first-order chi connectivity index (χ1) is 9.39. The number of nitrogens with two attached hydrogens (primary N) is 1. The molecule has 3 unspecified atom stereocenters. The molecule has 2 aliphatic rings. The quantitative estimate of drug-likeness (QED) is 0.898. The Morgan fingerprint density at radius 3 is 2.75 bits per heavy atom. The lowest BCUT2D eigenvalue weighted by Crippen LogP contribution is -2.58. The zero-order valence-corrected chi connectivity index (χ0v) is 14.1. The minimum absolute atomic E-state index is 0.197. The summed E-state index contributed by atoms with van der Waals surface area (Å²) in [6.07, 6.45) is 3.73. The van der Waals surface area contributed by atoms with E-state index in [9.17, 15) is 0 Å². The molecule has 3 rings (SSSR count). The van der Waals surface area contributed by atoms with Crippen molar-refractivity contribution in [3.05, 3.63) is 21.9 Å². The molecule has 112 valence electrons. The van der Waals surface area contributed by atoms with Gasteiger partial charge in [0.2, 0.25) is 0 Å². The van der Waals surface area contributed by atoms with Crippen LogP contribution in [0.4, 0.5) is 0 Å². The maximum atomic E-state index is 6.33. The van der Waals surface area contributed by atoms with Gasteiger partial charge in [-0.2, -0.15) is 0 Å². The normalized spacial score (nSPS) is 37.0. The zero-order chi connectivity index (χ0) is 14.5. The van der Waals surface area contributed by atoms with Crippen molar-refractivity contribution in [1.29, 1.82) is 0 Å². The lowest BCUT2D eigenvalue weighted by atomic mass is 9.81. The summed E-state index contributed by atoms with van der Waals surface area (Å²) in [6, 6.07) is 2.84. The highest BCUT2D eigenvalue weighted by atomic mass is 32.1. The van der Waals surface area contributed by atoms with E-state index in [-0.39, 0.29) is 5.54 Å². The highest BCUT2D eigenvalue weighted by molar-refractivity contribution is 7.10. The fraction of sp³-hybridized carbons (Fsp3) is 0.765. The predicted octanol–water partition coefficient (Wildman–Crippen LogP) is 3.82. The molecule has 2 nitrogen and oxygen atoms in total. The number of rotatable bonds is 2. The molecule has 0 radical (unpaired) electrons. The van der Waals surface area contributed by atoms with Crippen LogP contribution in [0.1, 0.15) is 57.0 Å². The van der Waals surface area contributed by atoms with Crippen molar-refractivity contribution in [1.82, 2.24) is 4.90 Å². The van der Waals surface area contributed by atoms with Gasteiger partial charge in [-0.25, -0.2) is 0 Å². The minimum atomic E-state index is 0.197. The topological polar surface area (TPSA) is 29.3 Å². The van der Waals surface area contributed by atoms with Crippen molar-refractivity contribution in [3.8, 4) is 0 Å². The van der Waals surface area contributed by atoms with E-state index in [1.54, 1.807) is 10.4 Å². The monoisotopic (exact) mass is 292 g/mol. The third-order valence-electron chi connectivity index (χ3n) is 5.76. The second-order valence-electron chi connectivity index (χ2n) is 7.67. The summed E-state index contributed by atoms with van der Waals surface area (Å²) in [5, 5.41) is 2.25. The molecule has 0 amide bonds. The fourth-order valence-corrected chi connectivity index (χ4v) is 5.95. The molecular formula is C17H28N2S. The van der Waals surface area contributed by atoms with E-state index >= 15 is 0 Å². The molecule has 1 fully saturated rings. The Hall–Kier alpha value is -0.380. The van der Waals surface area contributed by atoms with Gasteiger partial charge in [-0.05, 0) is 54.5 Å². The SMILES string of the molecule is CC1c2ccsc2CCN1C1(CN)CC(C)(C)CC1C. The van der Waals surface area contributed by atoms with Crippen molar-refractivity contribution in [2.75, 3.05) is 13.1 Å². The summed E-state index contributed by atoms with van der Waals surface area (Å²) in [7, 11) is 0. The van der Waals surface area contributed by atoms with Gasteiger partial charge in [0.1, 0.15) is 0 Å². The Morgan fingerprint density at radius 1 is 1.40 bits per heavy atom. The van der Waals surface area contributed by atoms with Crippen LogP contribution in [0, 0.1) is 11.3 Å². The first-order valence-electron chi connectivity index (χ1n) is 7.93. The van der Waals surface area contributed by atoms with Gasteiger partial charge in [0, 0.05) is 29.5 Å². The molecule has 2 N–H and O–H groups in total. The van der Waals surface area contributed by atoms with Crippen molar-refractivity contribution >= 4 is 11.3 Å². The number of fused-ring (bicyclic) bond motifs is 1. The van der Waals surface area contributed by atoms with Crippen LogP contribution in [0.3, 0.4) is 0 Å². The largest absolute Gasteiger partial charge is 0.329 e. The van der Waals surface area contributed by atoms with Crippen molar-refractivity contribution < 1.29 is 0 Å². The van der Waals surface area contributed by atoms with Gasteiger partial charge in [0.15, 0.2) is 0 Å². The Morgan fingerprint density at radius 2 is 2.15 bits per heavy atom. The predicted molar refractivity (Wildman–Crippen MR) is 87.1 cm³/mol. The Balaban J connectivity index is 1.95. The molecule has 0 aromatic carbocycles. The van der Waals surface area contributed by atoms with E-state index in [1.165, 1.54) is 25.8 Å². The molecule has 1 aromatic heterocycles. The Bertz CT molecular complexity index is 493. The van der Waals surface area contributed by atoms with Crippen LogP contribution in [-0.4, -0.2) is 23.5 Å². The van der Waals surface area contributed by atoms with Gasteiger partial charge in [-0.3, -0.25) is 4.90 Å². The summed E-state index contributed by atoms with van der Waals surface area (Å²) in [4.78, 5) is 4.33. The minimum Gasteiger partial charge on any atom is -0.329 e. The molecule has 1 aliphatic heterocycles. The maximum absolute atomic E-state index is 6.33. The second-order valence-corrected chi connectivity index (χ2v) is 8.67. The molecule has 20 heavy (non-hydrogen) atoms. The van der Waals surface area contributed by atoms with Crippen LogP contribution in [-0.2, 0) is 6.42 Å². The van der Waals surface area contributed by atoms with Crippen LogP contribution in [0.15, 0.2) is 11.4 Å². The van der Waals surface area contributed by atoms with E-state index in [2.05, 4.69) is 44.0 Å². The number of hydrogen-bond donors (Lipinski definition) is 1. The third-order valence-corrected chi connectivity index (χ3v) is 6.76. The smallest absolute Gasteiger partial charge is 0.0368 e. The van der Waals surface area contributed by atoms with E-state index in [1.807, 2.05) is 11.3 Å². The van der Waals surface area contributed by atoms with E-state index in [0.717, 1.165) is 6.54 Å².